The molecule has 1 amide bonds. The maximum Gasteiger partial charge on any atom is 0.407 e. The first-order chi connectivity index (χ1) is 9.10. The Balaban J connectivity index is 2.19. The summed E-state index contributed by atoms with van der Waals surface area (Å²) in [5.41, 5.74) is 2.33. The molecule has 2 rings (SSSR count). The van der Waals surface area contributed by atoms with Gasteiger partial charge in [-0.05, 0) is 43.0 Å². The van der Waals surface area contributed by atoms with Crippen molar-refractivity contribution < 1.29 is 9.53 Å². The number of rotatable bonds is 3. The van der Waals surface area contributed by atoms with E-state index in [4.69, 9.17) is 4.74 Å². The molecule has 0 unspecified atom stereocenters. The maximum atomic E-state index is 11.5. The Bertz CT molecular complexity index is 661. The third-order valence-electron chi connectivity index (χ3n) is 2.81. The molecular weight excluding hydrogens is 244 g/mol. The summed E-state index contributed by atoms with van der Waals surface area (Å²) in [6.07, 6.45) is -0.430. The van der Waals surface area contributed by atoms with E-state index in [1.807, 2.05) is 24.3 Å². The van der Waals surface area contributed by atoms with Gasteiger partial charge in [-0.25, -0.2) is 4.79 Å². The van der Waals surface area contributed by atoms with Crippen LogP contribution in [-0.2, 0) is 11.3 Å². The lowest BCUT2D eigenvalue weighted by Gasteiger charge is -2.06. The molecule has 100 valence electrons. The number of alkyl carbamates (subject to hydrolysis) is 1. The molecule has 0 aliphatic heterocycles. The summed E-state index contributed by atoms with van der Waals surface area (Å²) < 4.78 is 4.79. The van der Waals surface area contributed by atoms with Crippen LogP contribution in [-0.4, -0.2) is 17.7 Å². The number of aryl methyl sites for hydroxylation is 1. The predicted molar refractivity (Wildman–Crippen MR) is 73.2 cm³/mol. The van der Waals surface area contributed by atoms with Crippen LogP contribution in [0.15, 0.2) is 29.1 Å². The van der Waals surface area contributed by atoms with Gasteiger partial charge < -0.3 is 15.0 Å². The van der Waals surface area contributed by atoms with Crippen molar-refractivity contribution in [1.82, 2.24) is 10.3 Å². The fraction of sp³-hybridized carbons (Fsp3) is 0.286. The molecule has 2 aromatic rings. The Morgan fingerprint density at radius 3 is 2.89 bits per heavy atom. The van der Waals surface area contributed by atoms with Crippen molar-refractivity contribution in [3.63, 3.8) is 0 Å². The van der Waals surface area contributed by atoms with E-state index in [0.717, 1.165) is 16.5 Å². The van der Waals surface area contributed by atoms with Gasteiger partial charge in [0.25, 0.3) is 5.56 Å². The van der Waals surface area contributed by atoms with Gasteiger partial charge >= 0.3 is 6.09 Å². The molecular formula is C14H16N2O3. The van der Waals surface area contributed by atoms with Crippen LogP contribution < -0.4 is 10.9 Å². The van der Waals surface area contributed by atoms with Gasteiger partial charge in [0.1, 0.15) is 0 Å². The van der Waals surface area contributed by atoms with Crippen LogP contribution in [0.4, 0.5) is 4.79 Å². The molecule has 0 aliphatic rings. The van der Waals surface area contributed by atoms with Crippen LogP contribution in [0.25, 0.3) is 10.9 Å². The third-order valence-corrected chi connectivity index (χ3v) is 2.81. The van der Waals surface area contributed by atoms with E-state index in [1.54, 1.807) is 13.8 Å². The Labute approximate surface area is 110 Å². The van der Waals surface area contributed by atoms with Gasteiger partial charge in [0, 0.05) is 17.6 Å². The first-order valence-corrected chi connectivity index (χ1v) is 6.13. The van der Waals surface area contributed by atoms with Crippen molar-refractivity contribution in [3.8, 4) is 0 Å². The fourth-order valence-corrected chi connectivity index (χ4v) is 1.83. The van der Waals surface area contributed by atoms with Gasteiger partial charge in [-0.2, -0.15) is 0 Å². The summed E-state index contributed by atoms with van der Waals surface area (Å²) in [4.78, 5) is 25.5. The standard InChI is InChI=1S/C14H16N2O3/c1-3-19-14(18)15-8-10-4-5-12-11(7-10)6-9(2)13(17)16-12/h4-7H,3,8H2,1-2H3,(H,15,18)(H,16,17). The van der Waals surface area contributed by atoms with Gasteiger partial charge in [-0.15, -0.1) is 0 Å². The number of benzene rings is 1. The zero-order chi connectivity index (χ0) is 13.8. The average molecular weight is 260 g/mol. The second kappa shape index (κ2) is 5.56. The lowest BCUT2D eigenvalue weighted by molar-refractivity contribution is 0.151. The minimum absolute atomic E-state index is 0.0788. The van der Waals surface area contributed by atoms with Gasteiger partial charge in [0.2, 0.25) is 0 Å². The SMILES string of the molecule is CCOC(=O)NCc1ccc2[nH]c(=O)c(C)cc2c1. The molecule has 1 heterocycles. The van der Waals surface area contributed by atoms with Crippen molar-refractivity contribution in [2.75, 3.05) is 6.61 Å². The number of pyridine rings is 1. The van der Waals surface area contributed by atoms with Crippen LogP contribution in [0.3, 0.4) is 0 Å². The molecule has 19 heavy (non-hydrogen) atoms. The van der Waals surface area contributed by atoms with E-state index in [1.165, 1.54) is 0 Å². The summed E-state index contributed by atoms with van der Waals surface area (Å²) in [6, 6.07) is 7.46. The number of nitrogens with one attached hydrogen (secondary N) is 2. The highest BCUT2D eigenvalue weighted by molar-refractivity contribution is 5.79. The maximum absolute atomic E-state index is 11.5. The highest BCUT2D eigenvalue weighted by Crippen LogP contribution is 2.13. The highest BCUT2D eigenvalue weighted by atomic mass is 16.5. The molecule has 0 saturated carbocycles. The Hall–Kier alpha value is -2.30. The lowest BCUT2D eigenvalue weighted by atomic mass is 10.1. The Kier molecular flexibility index (Phi) is 3.85. The van der Waals surface area contributed by atoms with Crippen LogP contribution in [0.2, 0.25) is 0 Å². The second-order valence-corrected chi connectivity index (χ2v) is 4.28. The Morgan fingerprint density at radius 1 is 1.37 bits per heavy atom. The number of ether oxygens (including phenoxy) is 1. The lowest BCUT2D eigenvalue weighted by Crippen LogP contribution is -2.23. The number of hydrogen-bond acceptors (Lipinski definition) is 3. The number of aromatic nitrogens is 1. The molecule has 0 bridgehead atoms. The topological polar surface area (TPSA) is 71.2 Å². The van der Waals surface area contributed by atoms with Crippen LogP contribution >= 0.6 is 0 Å². The first-order valence-electron chi connectivity index (χ1n) is 6.13. The largest absolute Gasteiger partial charge is 0.450 e. The van der Waals surface area contributed by atoms with Gasteiger partial charge in [0.05, 0.1) is 6.61 Å². The highest BCUT2D eigenvalue weighted by Gasteiger charge is 2.03. The summed E-state index contributed by atoms with van der Waals surface area (Å²) in [5, 5.41) is 3.60. The zero-order valence-electron chi connectivity index (χ0n) is 10.9. The number of fused-ring (bicyclic) bond motifs is 1. The minimum Gasteiger partial charge on any atom is -0.450 e. The number of carbonyl (C=O) groups excluding carboxylic acids is 1. The summed E-state index contributed by atoms with van der Waals surface area (Å²) in [5.74, 6) is 0. The van der Waals surface area contributed by atoms with E-state index in [-0.39, 0.29) is 5.56 Å². The number of H-pyrrole nitrogens is 1. The molecule has 0 radical (unpaired) electrons. The minimum atomic E-state index is -0.430. The van der Waals surface area contributed by atoms with E-state index in [2.05, 4.69) is 10.3 Å². The first kappa shape index (κ1) is 13.1. The number of aromatic amines is 1. The van der Waals surface area contributed by atoms with Gasteiger partial charge in [-0.1, -0.05) is 6.07 Å². The third kappa shape index (κ3) is 3.13. The van der Waals surface area contributed by atoms with Gasteiger partial charge in [0.15, 0.2) is 0 Å². The van der Waals surface area contributed by atoms with E-state index in [9.17, 15) is 9.59 Å². The van der Waals surface area contributed by atoms with Crippen molar-refractivity contribution >= 4 is 17.0 Å². The van der Waals surface area contributed by atoms with E-state index in [0.29, 0.717) is 18.7 Å². The number of carbonyl (C=O) groups is 1. The molecule has 1 aromatic heterocycles. The number of amides is 1. The molecule has 0 aliphatic carbocycles. The summed E-state index contributed by atoms with van der Waals surface area (Å²) in [7, 11) is 0. The van der Waals surface area contributed by atoms with E-state index < -0.39 is 6.09 Å². The average Bonchev–Trinajstić information content (AvgIpc) is 2.38. The summed E-state index contributed by atoms with van der Waals surface area (Å²) in [6.45, 7) is 4.27. The van der Waals surface area contributed by atoms with Crippen molar-refractivity contribution in [1.29, 1.82) is 0 Å². The van der Waals surface area contributed by atoms with E-state index >= 15 is 0 Å². The molecule has 0 saturated heterocycles. The van der Waals surface area contributed by atoms with Crippen LogP contribution in [0.5, 0.6) is 0 Å². The van der Waals surface area contributed by atoms with Gasteiger partial charge in [-0.3, -0.25) is 4.79 Å². The molecule has 5 heteroatoms. The second-order valence-electron chi connectivity index (χ2n) is 4.28. The number of hydrogen-bond donors (Lipinski definition) is 2. The molecule has 0 spiro atoms. The molecule has 1 aromatic carbocycles. The Morgan fingerprint density at radius 2 is 2.16 bits per heavy atom. The normalized spacial score (nSPS) is 10.4. The smallest absolute Gasteiger partial charge is 0.407 e. The molecule has 5 nitrogen and oxygen atoms in total. The van der Waals surface area contributed by atoms with Crippen molar-refractivity contribution in [2.45, 2.75) is 20.4 Å². The van der Waals surface area contributed by atoms with Crippen LogP contribution in [0, 0.1) is 6.92 Å². The molecule has 0 fully saturated rings. The van der Waals surface area contributed by atoms with Crippen molar-refractivity contribution in [3.05, 3.63) is 45.7 Å². The van der Waals surface area contributed by atoms with Crippen LogP contribution in [0.1, 0.15) is 18.1 Å². The predicted octanol–water partition coefficient (Wildman–Crippen LogP) is 2.08. The molecule has 2 N–H and O–H groups in total. The quantitative estimate of drug-likeness (QED) is 0.887. The summed E-state index contributed by atoms with van der Waals surface area (Å²) >= 11 is 0. The fourth-order valence-electron chi connectivity index (χ4n) is 1.83. The van der Waals surface area contributed by atoms with Crippen molar-refractivity contribution in [2.24, 2.45) is 0 Å². The zero-order valence-corrected chi connectivity index (χ0v) is 10.9. The molecule has 0 atom stereocenters. The monoisotopic (exact) mass is 260 g/mol.